The van der Waals surface area contributed by atoms with Gasteiger partial charge in [-0.1, -0.05) is 23.7 Å². The Hall–Kier alpha value is -3.06. The first-order valence-corrected chi connectivity index (χ1v) is 8.83. The van der Waals surface area contributed by atoms with E-state index in [0.717, 1.165) is 5.56 Å². The van der Waals surface area contributed by atoms with Gasteiger partial charge in [-0.15, -0.1) is 0 Å². The average Bonchev–Trinajstić information content (AvgIpc) is 2.71. The predicted molar refractivity (Wildman–Crippen MR) is 104 cm³/mol. The quantitative estimate of drug-likeness (QED) is 0.682. The Bertz CT molecular complexity index is 821. The first kappa shape index (κ1) is 21.2. The summed E-state index contributed by atoms with van der Waals surface area (Å²) in [5, 5.41) is 3.06. The van der Waals surface area contributed by atoms with Crippen molar-refractivity contribution in [3.63, 3.8) is 0 Å². The molecule has 0 aliphatic carbocycles. The number of amides is 2. The van der Waals surface area contributed by atoms with E-state index in [1.807, 2.05) is 12.1 Å². The monoisotopic (exact) mass is 404 g/mol. The van der Waals surface area contributed by atoms with Gasteiger partial charge in [0.1, 0.15) is 12.3 Å². The Balaban J connectivity index is 1.72. The zero-order valence-corrected chi connectivity index (χ0v) is 16.4. The molecule has 0 heterocycles. The lowest BCUT2D eigenvalue weighted by molar-refractivity contribution is -0.150. The fraction of sp³-hybridized carbons (Fsp3) is 0.250. The highest BCUT2D eigenvalue weighted by atomic mass is 35.5. The predicted octanol–water partition coefficient (Wildman–Crippen LogP) is 2.28. The number of halogens is 1. The van der Waals surface area contributed by atoms with Gasteiger partial charge in [-0.2, -0.15) is 0 Å². The van der Waals surface area contributed by atoms with E-state index in [4.69, 9.17) is 21.1 Å². The zero-order chi connectivity index (χ0) is 20.5. The molecule has 1 N–H and O–H groups in total. The Morgan fingerprint density at radius 3 is 2.29 bits per heavy atom. The van der Waals surface area contributed by atoms with Gasteiger partial charge >= 0.3 is 5.97 Å². The summed E-state index contributed by atoms with van der Waals surface area (Å²) in [6.45, 7) is -0.373. The summed E-state index contributed by atoms with van der Waals surface area (Å²) in [5.41, 5.74) is 1.28. The molecule has 0 saturated carbocycles. The molecule has 7 nitrogen and oxygen atoms in total. The smallest absolute Gasteiger partial charge is 0.325 e. The van der Waals surface area contributed by atoms with Crippen molar-refractivity contribution in [3.8, 4) is 5.75 Å². The van der Waals surface area contributed by atoms with Crippen molar-refractivity contribution >= 4 is 29.4 Å². The van der Waals surface area contributed by atoms with Gasteiger partial charge in [-0.3, -0.25) is 14.4 Å². The van der Waals surface area contributed by atoms with Crippen LogP contribution in [0.5, 0.6) is 5.75 Å². The maximum Gasteiger partial charge on any atom is 0.325 e. The minimum Gasteiger partial charge on any atom is -0.497 e. The van der Waals surface area contributed by atoms with Crippen LogP contribution in [0.3, 0.4) is 0 Å². The Morgan fingerprint density at radius 1 is 1.04 bits per heavy atom. The molecule has 0 aliphatic rings. The molecular formula is C20H21ClN2O5. The summed E-state index contributed by atoms with van der Waals surface area (Å²) in [7, 11) is 3.13. The maximum absolute atomic E-state index is 12.1. The largest absolute Gasteiger partial charge is 0.497 e. The van der Waals surface area contributed by atoms with Crippen LogP contribution in [0.4, 0.5) is 0 Å². The number of hydrogen-bond acceptors (Lipinski definition) is 5. The molecule has 0 saturated heterocycles. The first-order chi connectivity index (χ1) is 13.4. The SMILES string of the molecule is COc1ccc(C(=O)NCC(=O)OCC(=O)N(C)Cc2ccc(Cl)cc2)cc1. The van der Waals surface area contributed by atoms with Gasteiger partial charge in [0, 0.05) is 24.2 Å². The lowest BCUT2D eigenvalue weighted by atomic mass is 10.2. The molecule has 0 spiro atoms. The zero-order valence-electron chi connectivity index (χ0n) is 15.6. The number of nitrogens with zero attached hydrogens (tertiary/aromatic N) is 1. The van der Waals surface area contributed by atoms with Crippen molar-refractivity contribution in [2.24, 2.45) is 0 Å². The fourth-order valence-electron chi connectivity index (χ4n) is 2.25. The fourth-order valence-corrected chi connectivity index (χ4v) is 2.38. The van der Waals surface area contributed by atoms with Gasteiger partial charge in [0.05, 0.1) is 7.11 Å². The van der Waals surface area contributed by atoms with Crippen molar-refractivity contribution in [2.75, 3.05) is 27.3 Å². The van der Waals surface area contributed by atoms with Crippen LogP contribution in [0.1, 0.15) is 15.9 Å². The van der Waals surface area contributed by atoms with Crippen LogP contribution >= 0.6 is 11.6 Å². The maximum atomic E-state index is 12.1. The van der Waals surface area contributed by atoms with Gasteiger partial charge in [-0.05, 0) is 42.0 Å². The number of carbonyl (C=O) groups is 3. The third-order valence-electron chi connectivity index (χ3n) is 3.86. The Kier molecular flexibility index (Phi) is 7.83. The van der Waals surface area contributed by atoms with E-state index in [0.29, 0.717) is 22.9 Å². The van der Waals surface area contributed by atoms with Crippen molar-refractivity contribution in [1.29, 1.82) is 0 Å². The topological polar surface area (TPSA) is 84.9 Å². The third-order valence-corrected chi connectivity index (χ3v) is 4.11. The molecule has 2 rings (SSSR count). The Labute approximate surface area is 168 Å². The van der Waals surface area contributed by atoms with Gasteiger partial charge in [0.25, 0.3) is 11.8 Å². The van der Waals surface area contributed by atoms with Crippen LogP contribution in [0.2, 0.25) is 5.02 Å². The van der Waals surface area contributed by atoms with Crippen molar-refractivity contribution in [2.45, 2.75) is 6.54 Å². The minimum atomic E-state index is -0.699. The van der Waals surface area contributed by atoms with Crippen molar-refractivity contribution in [3.05, 3.63) is 64.7 Å². The lowest BCUT2D eigenvalue weighted by Crippen LogP contribution is -2.34. The number of likely N-dealkylation sites (N-methyl/N-ethyl adjacent to an activating group) is 1. The van der Waals surface area contributed by atoms with E-state index in [2.05, 4.69) is 5.32 Å². The molecule has 0 atom stereocenters. The van der Waals surface area contributed by atoms with E-state index >= 15 is 0 Å². The summed E-state index contributed by atoms with van der Waals surface area (Å²) in [6.07, 6.45) is 0. The Morgan fingerprint density at radius 2 is 1.68 bits per heavy atom. The molecule has 0 aromatic heterocycles. The van der Waals surface area contributed by atoms with Crippen LogP contribution in [0.25, 0.3) is 0 Å². The van der Waals surface area contributed by atoms with Gasteiger partial charge in [0.2, 0.25) is 0 Å². The standard InChI is InChI=1S/C20H21ClN2O5/c1-23(12-14-3-7-16(21)8-4-14)18(24)13-28-19(25)11-22-20(26)15-5-9-17(27-2)10-6-15/h3-10H,11-13H2,1-2H3,(H,22,26). The summed E-state index contributed by atoms with van der Waals surface area (Å²) in [5.74, 6) is -0.858. The third kappa shape index (κ3) is 6.59. The number of nitrogens with one attached hydrogen (secondary N) is 1. The van der Waals surface area contributed by atoms with Gasteiger partial charge < -0.3 is 19.7 Å². The number of methoxy groups -OCH3 is 1. The second-order valence-electron chi connectivity index (χ2n) is 5.95. The number of esters is 1. The van der Waals surface area contributed by atoms with E-state index in [1.165, 1.54) is 12.0 Å². The number of carbonyl (C=O) groups excluding carboxylic acids is 3. The van der Waals surface area contributed by atoms with E-state index in [1.54, 1.807) is 43.4 Å². The van der Waals surface area contributed by atoms with Crippen LogP contribution in [0.15, 0.2) is 48.5 Å². The second kappa shape index (κ2) is 10.3. The van der Waals surface area contributed by atoms with Crippen LogP contribution in [-0.4, -0.2) is 50.0 Å². The molecule has 148 valence electrons. The molecule has 0 aliphatic heterocycles. The van der Waals surface area contributed by atoms with Crippen LogP contribution < -0.4 is 10.1 Å². The first-order valence-electron chi connectivity index (χ1n) is 8.45. The van der Waals surface area contributed by atoms with E-state index < -0.39 is 18.5 Å². The van der Waals surface area contributed by atoms with Crippen LogP contribution in [0, 0.1) is 0 Å². The highest BCUT2D eigenvalue weighted by Gasteiger charge is 2.14. The summed E-state index contributed by atoms with van der Waals surface area (Å²) in [4.78, 5) is 37.2. The normalized spacial score (nSPS) is 10.1. The minimum absolute atomic E-state index is 0.334. The van der Waals surface area contributed by atoms with E-state index in [9.17, 15) is 14.4 Å². The highest BCUT2D eigenvalue weighted by molar-refractivity contribution is 6.30. The lowest BCUT2D eigenvalue weighted by Gasteiger charge is -2.17. The number of rotatable bonds is 8. The highest BCUT2D eigenvalue weighted by Crippen LogP contribution is 2.12. The second-order valence-corrected chi connectivity index (χ2v) is 6.38. The van der Waals surface area contributed by atoms with Crippen LogP contribution in [-0.2, 0) is 20.9 Å². The van der Waals surface area contributed by atoms with Gasteiger partial charge in [0.15, 0.2) is 6.61 Å². The molecule has 0 bridgehead atoms. The summed E-state index contributed by atoms with van der Waals surface area (Å²) >= 11 is 5.83. The van der Waals surface area contributed by atoms with Crippen molar-refractivity contribution in [1.82, 2.24) is 10.2 Å². The molecule has 2 aromatic carbocycles. The summed E-state index contributed by atoms with van der Waals surface area (Å²) < 4.78 is 9.93. The molecule has 0 unspecified atom stereocenters. The van der Waals surface area contributed by atoms with Gasteiger partial charge in [-0.25, -0.2) is 0 Å². The molecule has 28 heavy (non-hydrogen) atoms. The molecule has 2 amide bonds. The molecule has 0 radical (unpaired) electrons. The number of benzene rings is 2. The molecule has 8 heteroatoms. The van der Waals surface area contributed by atoms with E-state index in [-0.39, 0.29) is 12.5 Å². The number of hydrogen-bond donors (Lipinski definition) is 1. The molecular weight excluding hydrogens is 384 g/mol. The summed E-state index contributed by atoms with van der Waals surface area (Å²) in [6, 6.07) is 13.5. The number of ether oxygens (including phenoxy) is 2. The molecule has 2 aromatic rings. The van der Waals surface area contributed by atoms with Crippen molar-refractivity contribution < 1.29 is 23.9 Å². The molecule has 0 fully saturated rings. The average molecular weight is 405 g/mol.